The fourth-order valence-electron chi connectivity index (χ4n) is 4.20. The average Bonchev–Trinajstić information content (AvgIpc) is 3.37. The van der Waals surface area contributed by atoms with E-state index in [1.54, 1.807) is 19.3 Å². The van der Waals surface area contributed by atoms with Crippen LogP contribution >= 0.6 is 0 Å². The molecule has 2 atom stereocenters. The minimum absolute atomic E-state index is 0.0266. The Kier molecular flexibility index (Phi) is 10.5. The Labute approximate surface area is 220 Å². The fraction of sp³-hybridized carbons (Fsp3) is 0.357. The Morgan fingerprint density at radius 1 is 1.16 bits per heavy atom. The topological polar surface area (TPSA) is 107 Å². The molecule has 0 bridgehead atoms. The molecule has 2 aromatic carbocycles. The maximum Gasteiger partial charge on any atom is 0.246 e. The summed E-state index contributed by atoms with van der Waals surface area (Å²) in [6.45, 7) is 2.02. The molecule has 0 aromatic heterocycles. The van der Waals surface area contributed by atoms with Gasteiger partial charge in [-0.3, -0.25) is 4.79 Å². The van der Waals surface area contributed by atoms with Gasteiger partial charge in [-0.05, 0) is 57.4 Å². The van der Waals surface area contributed by atoms with Gasteiger partial charge in [-0.1, -0.05) is 36.4 Å². The summed E-state index contributed by atoms with van der Waals surface area (Å²) in [7, 11) is 7.58. The Hall–Kier alpha value is -3.82. The molecule has 9 heteroatoms. The molecular weight excluding hydrogens is 466 g/mol. The number of nitrogens with zero attached hydrogens (tertiary/aromatic N) is 3. The van der Waals surface area contributed by atoms with Gasteiger partial charge in [0.15, 0.2) is 5.84 Å². The molecule has 9 nitrogen and oxygen atoms in total. The van der Waals surface area contributed by atoms with Crippen LogP contribution in [0.25, 0.3) is 0 Å². The maximum atomic E-state index is 12.6. The zero-order valence-electron chi connectivity index (χ0n) is 22.1. The van der Waals surface area contributed by atoms with Gasteiger partial charge in [0.25, 0.3) is 0 Å². The van der Waals surface area contributed by atoms with Gasteiger partial charge >= 0.3 is 0 Å². The Morgan fingerprint density at radius 2 is 1.86 bits per heavy atom. The number of carbonyl (C=O) groups excluding carboxylic acids is 1. The van der Waals surface area contributed by atoms with Crippen LogP contribution < -0.4 is 26.5 Å². The number of hydrazone groups is 1. The summed E-state index contributed by atoms with van der Waals surface area (Å²) < 4.78 is 5.93. The first kappa shape index (κ1) is 27.8. The summed E-state index contributed by atoms with van der Waals surface area (Å²) >= 11 is 0. The fourth-order valence-corrected chi connectivity index (χ4v) is 4.20. The van der Waals surface area contributed by atoms with Crippen molar-refractivity contribution in [3.63, 3.8) is 0 Å². The SMILES string of the molecule is CNN=C(NC1CCN(C(=O)/C=C/CN(C)C)C1)/C(=C\N)C(NC)c1ccc(Oc2ccccc2)cc1. The van der Waals surface area contributed by atoms with Crippen molar-refractivity contribution in [3.8, 4) is 11.5 Å². The van der Waals surface area contributed by atoms with Gasteiger partial charge in [0.05, 0.1) is 6.04 Å². The van der Waals surface area contributed by atoms with E-state index in [2.05, 4.69) is 21.2 Å². The Balaban J connectivity index is 1.68. The van der Waals surface area contributed by atoms with Crippen molar-refractivity contribution < 1.29 is 9.53 Å². The van der Waals surface area contributed by atoms with Crippen LogP contribution in [0.2, 0.25) is 0 Å². The van der Waals surface area contributed by atoms with E-state index in [1.165, 1.54) is 0 Å². The van der Waals surface area contributed by atoms with Crippen LogP contribution in [0.3, 0.4) is 0 Å². The third-order valence-electron chi connectivity index (χ3n) is 6.04. The highest BCUT2D eigenvalue weighted by Gasteiger charge is 2.28. The lowest BCUT2D eigenvalue weighted by atomic mass is 9.98. The van der Waals surface area contributed by atoms with Crippen LogP contribution in [0, 0.1) is 0 Å². The summed E-state index contributed by atoms with van der Waals surface area (Å²) in [5.41, 5.74) is 10.8. The summed E-state index contributed by atoms with van der Waals surface area (Å²) in [5.74, 6) is 2.20. The summed E-state index contributed by atoms with van der Waals surface area (Å²) in [6.07, 6.45) is 5.93. The molecule has 0 saturated carbocycles. The standard InChI is InChI=1S/C28H39N7O2/c1-30-27(21-12-14-24(15-13-21)37-23-9-6-5-7-10-23)25(19-29)28(33-31-2)32-22-16-18-35(20-22)26(36)11-8-17-34(3)4/h5-15,19,22,27,30-31H,16-18,20,29H2,1-4H3,(H,32,33)/b11-8+,25-19-. The van der Waals surface area contributed by atoms with E-state index in [0.29, 0.717) is 18.9 Å². The zero-order valence-corrected chi connectivity index (χ0v) is 22.1. The summed E-state index contributed by atoms with van der Waals surface area (Å²) in [6, 6.07) is 17.4. The molecule has 5 N–H and O–H groups in total. The molecule has 1 aliphatic rings. The van der Waals surface area contributed by atoms with Crippen LogP contribution in [0.1, 0.15) is 18.0 Å². The smallest absolute Gasteiger partial charge is 0.246 e. The summed E-state index contributed by atoms with van der Waals surface area (Å²) in [5, 5.41) is 11.3. The number of ether oxygens (including phenoxy) is 1. The Morgan fingerprint density at radius 3 is 2.49 bits per heavy atom. The van der Waals surface area contributed by atoms with Gasteiger partial charge in [0, 0.05) is 50.6 Å². The number of benzene rings is 2. The highest BCUT2D eigenvalue weighted by Crippen LogP contribution is 2.27. The van der Waals surface area contributed by atoms with E-state index in [4.69, 9.17) is 10.5 Å². The van der Waals surface area contributed by atoms with Crippen molar-refractivity contribution >= 4 is 11.7 Å². The first-order chi connectivity index (χ1) is 17.9. The van der Waals surface area contributed by atoms with Gasteiger partial charge in [-0.2, -0.15) is 5.10 Å². The molecule has 1 fully saturated rings. The molecule has 2 unspecified atom stereocenters. The number of likely N-dealkylation sites (N-methyl/N-ethyl adjacent to an activating group) is 2. The molecule has 3 rings (SSSR count). The van der Waals surface area contributed by atoms with Crippen molar-refractivity contribution in [2.75, 3.05) is 47.8 Å². The van der Waals surface area contributed by atoms with Crippen molar-refractivity contribution in [2.24, 2.45) is 10.8 Å². The number of hydrogen-bond donors (Lipinski definition) is 4. The van der Waals surface area contributed by atoms with Gasteiger partial charge in [0.2, 0.25) is 5.91 Å². The van der Waals surface area contributed by atoms with Crippen LogP contribution in [-0.4, -0.2) is 75.4 Å². The highest BCUT2D eigenvalue weighted by molar-refractivity contribution is 5.99. The van der Waals surface area contributed by atoms with Crippen molar-refractivity contribution in [2.45, 2.75) is 18.5 Å². The van der Waals surface area contributed by atoms with Crippen LogP contribution in [0.15, 0.2) is 83.6 Å². The molecule has 37 heavy (non-hydrogen) atoms. The van der Waals surface area contributed by atoms with Gasteiger partial charge in [0.1, 0.15) is 11.5 Å². The van der Waals surface area contributed by atoms with Gasteiger partial charge in [-0.25, -0.2) is 0 Å². The third kappa shape index (κ3) is 8.09. The van der Waals surface area contributed by atoms with E-state index in [-0.39, 0.29) is 18.0 Å². The van der Waals surface area contributed by atoms with Crippen LogP contribution in [0.4, 0.5) is 0 Å². The lowest BCUT2D eigenvalue weighted by Gasteiger charge is -2.24. The lowest BCUT2D eigenvalue weighted by Crippen LogP contribution is -2.42. The largest absolute Gasteiger partial charge is 0.457 e. The zero-order chi connectivity index (χ0) is 26.6. The third-order valence-corrected chi connectivity index (χ3v) is 6.04. The maximum absolute atomic E-state index is 12.6. The minimum atomic E-state index is -0.205. The van der Waals surface area contributed by atoms with E-state index < -0.39 is 0 Å². The van der Waals surface area contributed by atoms with Crippen LogP contribution in [-0.2, 0) is 4.79 Å². The summed E-state index contributed by atoms with van der Waals surface area (Å²) in [4.78, 5) is 16.4. The number of amidine groups is 1. The molecule has 1 saturated heterocycles. The second-order valence-corrected chi connectivity index (χ2v) is 9.09. The molecular formula is C28H39N7O2. The molecule has 198 valence electrons. The molecule has 0 aliphatic carbocycles. The number of rotatable bonds is 11. The molecule has 2 aromatic rings. The van der Waals surface area contributed by atoms with E-state index in [1.807, 2.05) is 91.6 Å². The first-order valence-electron chi connectivity index (χ1n) is 12.5. The second kappa shape index (κ2) is 14.1. The molecule has 1 aliphatic heterocycles. The minimum Gasteiger partial charge on any atom is -0.457 e. The average molecular weight is 506 g/mol. The molecule has 0 radical (unpaired) electrons. The number of nitrogens with two attached hydrogens (primary N) is 1. The van der Waals surface area contributed by atoms with Crippen molar-refractivity contribution in [3.05, 3.63) is 84.1 Å². The number of likely N-dealkylation sites (tertiary alicyclic amines) is 1. The normalized spacial score (nSPS) is 17.3. The van der Waals surface area contributed by atoms with Crippen molar-refractivity contribution in [1.29, 1.82) is 0 Å². The number of amides is 1. The number of nitrogens with one attached hydrogen (secondary N) is 3. The van der Waals surface area contributed by atoms with E-state index in [0.717, 1.165) is 35.6 Å². The van der Waals surface area contributed by atoms with Crippen LogP contribution in [0.5, 0.6) is 11.5 Å². The van der Waals surface area contributed by atoms with E-state index in [9.17, 15) is 4.79 Å². The second-order valence-electron chi connectivity index (χ2n) is 9.09. The number of carbonyl (C=O) groups is 1. The lowest BCUT2D eigenvalue weighted by molar-refractivity contribution is -0.125. The first-order valence-corrected chi connectivity index (χ1v) is 12.5. The number of para-hydroxylation sites is 1. The van der Waals surface area contributed by atoms with E-state index >= 15 is 0 Å². The number of hydrogen-bond acceptors (Lipinski definition) is 7. The molecule has 0 spiro atoms. The quantitative estimate of drug-likeness (QED) is 0.161. The monoisotopic (exact) mass is 505 g/mol. The molecule has 1 heterocycles. The predicted molar refractivity (Wildman–Crippen MR) is 149 cm³/mol. The highest BCUT2D eigenvalue weighted by atomic mass is 16.5. The molecule has 1 amide bonds. The van der Waals surface area contributed by atoms with Crippen molar-refractivity contribution in [1.82, 2.24) is 25.9 Å². The van der Waals surface area contributed by atoms with Gasteiger partial charge < -0.3 is 36.3 Å². The Bertz CT molecular complexity index is 1080. The van der Waals surface area contributed by atoms with Gasteiger partial charge in [-0.15, -0.1) is 0 Å². The predicted octanol–water partition coefficient (Wildman–Crippen LogP) is 2.42.